The lowest BCUT2D eigenvalue weighted by Crippen LogP contribution is -2.12. The van der Waals surface area contributed by atoms with Crippen LogP contribution in [0.3, 0.4) is 0 Å². The molecule has 0 aliphatic heterocycles. The van der Waals surface area contributed by atoms with Crippen molar-refractivity contribution in [2.75, 3.05) is 17.3 Å². The first kappa shape index (κ1) is 16.1. The number of nitrogens with one attached hydrogen (secondary N) is 3. The van der Waals surface area contributed by atoms with E-state index in [9.17, 15) is 5.11 Å². The Balaban J connectivity index is 1.48. The van der Waals surface area contributed by atoms with Crippen LogP contribution in [-0.2, 0) is 0 Å². The number of fused-ring (bicyclic) bond motifs is 2. The normalized spacial score (nSPS) is 11.2. The van der Waals surface area contributed by atoms with Gasteiger partial charge in [0.05, 0.1) is 17.4 Å². The fourth-order valence-electron chi connectivity index (χ4n) is 3.24. The number of hydrogen-bond donors (Lipinski definition) is 4. The zero-order valence-electron chi connectivity index (χ0n) is 15.0. The van der Waals surface area contributed by atoms with Gasteiger partial charge in [0.1, 0.15) is 11.6 Å². The molecule has 0 saturated carbocycles. The van der Waals surface area contributed by atoms with Gasteiger partial charge >= 0.3 is 0 Å². The Labute approximate surface area is 159 Å². The summed E-state index contributed by atoms with van der Waals surface area (Å²) in [6.07, 6.45) is 5.32. The molecule has 8 nitrogen and oxygen atoms in total. The number of aromatic nitrogens is 5. The summed E-state index contributed by atoms with van der Waals surface area (Å²) in [5, 5.41) is 22.0. The molecule has 3 heterocycles. The van der Waals surface area contributed by atoms with Crippen molar-refractivity contribution < 1.29 is 5.11 Å². The maximum Gasteiger partial charge on any atom is 0.229 e. The van der Waals surface area contributed by atoms with E-state index in [4.69, 9.17) is 0 Å². The standard InChI is InChI=1S/C20H17N7O/c1-27(13-2-3-16-12(8-13)4-6-21-16)19-5-7-22-20(25-19)24-17-9-14(28)10-18-15(17)11-23-26-18/h2-11,21,28H,1H3,(H,23,26)(H,22,24,25). The Bertz CT molecular complexity index is 1290. The van der Waals surface area contributed by atoms with Gasteiger partial charge in [-0.1, -0.05) is 0 Å². The van der Waals surface area contributed by atoms with E-state index in [2.05, 4.69) is 36.5 Å². The van der Waals surface area contributed by atoms with Crippen LogP contribution in [0.25, 0.3) is 21.8 Å². The average molecular weight is 371 g/mol. The average Bonchev–Trinajstić information content (AvgIpc) is 3.36. The zero-order valence-corrected chi connectivity index (χ0v) is 15.0. The first-order chi connectivity index (χ1) is 13.7. The summed E-state index contributed by atoms with van der Waals surface area (Å²) in [7, 11) is 1.96. The van der Waals surface area contributed by atoms with E-state index in [1.54, 1.807) is 24.5 Å². The highest BCUT2D eigenvalue weighted by atomic mass is 16.3. The molecule has 5 aromatic rings. The molecule has 0 atom stereocenters. The van der Waals surface area contributed by atoms with Gasteiger partial charge < -0.3 is 20.3 Å². The summed E-state index contributed by atoms with van der Waals surface area (Å²) in [5.74, 6) is 1.31. The van der Waals surface area contributed by atoms with E-state index in [1.165, 1.54) is 0 Å². The molecule has 5 rings (SSSR count). The lowest BCUT2D eigenvalue weighted by Gasteiger charge is -2.19. The first-order valence-electron chi connectivity index (χ1n) is 8.74. The second-order valence-electron chi connectivity index (χ2n) is 6.50. The number of phenols is 1. The van der Waals surface area contributed by atoms with E-state index in [0.717, 1.165) is 33.3 Å². The molecule has 0 aliphatic carbocycles. The minimum absolute atomic E-state index is 0.132. The summed E-state index contributed by atoms with van der Waals surface area (Å²) in [6.45, 7) is 0. The molecule has 0 radical (unpaired) electrons. The van der Waals surface area contributed by atoms with Crippen LogP contribution in [0.2, 0.25) is 0 Å². The number of H-pyrrole nitrogens is 2. The molecular weight excluding hydrogens is 354 g/mol. The van der Waals surface area contributed by atoms with Crippen molar-refractivity contribution in [3.05, 3.63) is 61.1 Å². The number of rotatable bonds is 4. The largest absolute Gasteiger partial charge is 0.508 e. The molecule has 4 N–H and O–H groups in total. The molecule has 0 saturated heterocycles. The summed E-state index contributed by atoms with van der Waals surface area (Å²) >= 11 is 0. The van der Waals surface area contributed by atoms with Crippen LogP contribution in [-0.4, -0.2) is 37.3 Å². The monoisotopic (exact) mass is 371 g/mol. The van der Waals surface area contributed by atoms with Gasteiger partial charge in [0.25, 0.3) is 0 Å². The number of hydrogen-bond acceptors (Lipinski definition) is 6. The molecule has 0 unspecified atom stereocenters. The Kier molecular flexibility index (Phi) is 3.61. The van der Waals surface area contributed by atoms with Crippen LogP contribution in [0.1, 0.15) is 0 Å². The lowest BCUT2D eigenvalue weighted by molar-refractivity contribution is 0.476. The van der Waals surface area contributed by atoms with Crippen molar-refractivity contribution in [1.82, 2.24) is 25.1 Å². The van der Waals surface area contributed by atoms with Crippen molar-refractivity contribution in [3.8, 4) is 5.75 Å². The minimum atomic E-state index is 0.132. The van der Waals surface area contributed by atoms with Crippen LogP contribution in [0.4, 0.5) is 23.1 Å². The van der Waals surface area contributed by atoms with Gasteiger partial charge in [0.15, 0.2) is 0 Å². The van der Waals surface area contributed by atoms with Crippen LogP contribution < -0.4 is 10.2 Å². The van der Waals surface area contributed by atoms with Gasteiger partial charge in [-0.3, -0.25) is 5.10 Å². The molecule has 8 heteroatoms. The van der Waals surface area contributed by atoms with Crippen LogP contribution in [0.5, 0.6) is 5.75 Å². The Morgan fingerprint density at radius 2 is 2.00 bits per heavy atom. The number of phenolic OH excluding ortho intramolecular Hbond substituents is 1. The minimum Gasteiger partial charge on any atom is -0.508 e. The van der Waals surface area contributed by atoms with Gasteiger partial charge in [0.2, 0.25) is 5.95 Å². The molecule has 28 heavy (non-hydrogen) atoms. The summed E-state index contributed by atoms with van der Waals surface area (Å²) in [5.41, 5.74) is 3.52. The maximum absolute atomic E-state index is 9.93. The number of aromatic amines is 2. The van der Waals surface area contributed by atoms with E-state index >= 15 is 0 Å². The maximum atomic E-state index is 9.93. The molecule has 138 valence electrons. The van der Waals surface area contributed by atoms with Crippen LogP contribution in [0.15, 0.2) is 61.1 Å². The van der Waals surface area contributed by atoms with Crippen LogP contribution >= 0.6 is 0 Å². The lowest BCUT2D eigenvalue weighted by atomic mass is 10.2. The van der Waals surface area contributed by atoms with Crippen molar-refractivity contribution in [3.63, 3.8) is 0 Å². The second-order valence-corrected chi connectivity index (χ2v) is 6.50. The van der Waals surface area contributed by atoms with Crippen molar-refractivity contribution in [2.45, 2.75) is 0 Å². The Hall–Kier alpha value is -4.07. The van der Waals surface area contributed by atoms with E-state index in [1.807, 2.05) is 42.4 Å². The number of aromatic hydroxyl groups is 1. The topological polar surface area (TPSA) is 106 Å². The summed E-state index contributed by atoms with van der Waals surface area (Å²) < 4.78 is 0. The van der Waals surface area contributed by atoms with Gasteiger partial charge in [-0.2, -0.15) is 10.1 Å². The fraction of sp³-hybridized carbons (Fsp3) is 0.0500. The SMILES string of the molecule is CN(c1ccc2[nH]ccc2c1)c1ccnc(Nc2cc(O)cc3[nH]ncc23)n1. The number of benzene rings is 2. The smallest absolute Gasteiger partial charge is 0.229 e. The van der Waals surface area contributed by atoms with Crippen LogP contribution in [0, 0.1) is 0 Å². The van der Waals surface area contributed by atoms with Gasteiger partial charge in [0, 0.05) is 53.6 Å². The molecular formula is C20H17N7O. The van der Waals surface area contributed by atoms with E-state index < -0.39 is 0 Å². The number of anilines is 4. The van der Waals surface area contributed by atoms with Crippen molar-refractivity contribution in [2.24, 2.45) is 0 Å². The summed E-state index contributed by atoms with van der Waals surface area (Å²) in [6, 6.07) is 13.3. The molecule has 0 bridgehead atoms. The highest BCUT2D eigenvalue weighted by Crippen LogP contribution is 2.30. The molecule has 0 spiro atoms. The highest BCUT2D eigenvalue weighted by Gasteiger charge is 2.11. The van der Waals surface area contributed by atoms with Crippen molar-refractivity contribution in [1.29, 1.82) is 0 Å². The number of nitrogens with zero attached hydrogens (tertiary/aromatic N) is 4. The predicted molar refractivity (Wildman–Crippen MR) is 109 cm³/mol. The Morgan fingerprint density at radius 3 is 2.93 bits per heavy atom. The predicted octanol–water partition coefficient (Wildman–Crippen LogP) is 4.05. The molecule has 0 amide bonds. The third kappa shape index (κ3) is 2.77. The quantitative estimate of drug-likeness (QED) is 0.380. The molecule has 2 aromatic carbocycles. The Morgan fingerprint density at radius 1 is 1.07 bits per heavy atom. The third-order valence-electron chi connectivity index (χ3n) is 4.70. The van der Waals surface area contributed by atoms with Gasteiger partial charge in [-0.05, 0) is 30.3 Å². The highest BCUT2D eigenvalue weighted by molar-refractivity contribution is 5.93. The fourth-order valence-corrected chi connectivity index (χ4v) is 3.24. The molecule has 0 fully saturated rings. The van der Waals surface area contributed by atoms with Gasteiger partial charge in [-0.25, -0.2) is 4.98 Å². The summed E-state index contributed by atoms with van der Waals surface area (Å²) in [4.78, 5) is 14.1. The van der Waals surface area contributed by atoms with Gasteiger partial charge in [-0.15, -0.1) is 0 Å². The van der Waals surface area contributed by atoms with Crippen molar-refractivity contribution >= 4 is 44.9 Å². The molecule has 0 aliphatic rings. The molecule has 3 aromatic heterocycles. The van der Waals surface area contributed by atoms with E-state index in [-0.39, 0.29) is 5.75 Å². The first-order valence-corrected chi connectivity index (χ1v) is 8.74. The zero-order chi connectivity index (χ0) is 19.1. The third-order valence-corrected chi connectivity index (χ3v) is 4.70. The van der Waals surface area contributed by atoms with E-state index in [0.29, 0.717) is 11.6 Å². The second kappa shape index (κ2) is 6.27.